The van der Waals surface area contributed by atoms with Gasteiger partial charge in [-0.2, -0.15) is 0 Å². The first-order valence-electron chi connectivity index (χ1n) is 17.5. The van der Waals surface area contributed by atoms with Crippen LogP contribution in [-0.4, -0.2) is 24.1 Å². The minimum Gasteiger partial charge on any atom is -0.292 e. The molecule has 244 valence electrons. The Morgan fingerprint density at radius 3 is 1.35 bits per heavy atom. The monoisotopic (exact) mass is 665 g/mol. The van der Waals surface area contributed by atoms with Gasteiger partial charge in [0.2, 0.25) is 0 Å². The molecule has 0 saturated heterocycles. The third-order valence-electron chi connectivity index (χ3n) is 9.75. The topological polar surface area (TPSA) is 48.5 Å². The Morgan fingerprint density at radius 2 is 0.788 bits per heavy atom. The molecule has 52 heavy (non-hydrogen) atoms. The minimum absolute atomic E-state index is 0.909. The zero-order valence-corrected chi connectivity index (χ0v) is 28.1. The fraction of sp³-hybridized carbons (Fsp3) is 0. The molecule has 0 fully saturated rings. The lowest BCUT2D eigenvalue weighted by Crippen LogP contribution is -1.97. The summed E-state index contributed by atoms with van der Waals surface area (Å²) >= 11 is 0. The Morgan fingerprint density at radius 1 is 0.346 bits per heavy atom. The summed E-state index contributed by atoms with van der Waals surface area (Å²) in [6.07, 6.45) is 0. The van der Waals surface area contributed by atoms with E-state index in [-0.39, 0.29) is 0 Å². The highest BCUT2D eigenvalue weighted by Gasteiger charge is 2.17. The highest BCUT2D eigenvalue weighted by molar-refractivity contribution is 5.97. The van der Waals surface area contributed by atoms with Gasteiger partial charge in [-0.15, -0.1) is 0 Å². The minimum atomic E-state index is 0.909. The molecule has 0 radical (unpaired) electrons. The third kappa shape index (κ3) is 5.07. The first-order valence-corrected chi connectivity index (χ1v) is 17.5. The highest BCUT2D eigenvalue weighted by atomic mass is 15.1. The van der Waals surface area contributed by atoms with Gasteiger partial charge >= 0.3 is 0 Å². The van der Waals surface area contributed by atoms with E-state index in [0.29, 0.717) is 0 Å². The molecule has 0 N–H and O–H groups in total. The van der Waals surface area contributed by atoms with Crippen molar-refractivity contribution in [3.05, 3.63) is 188 Å². The molecule has 0 aliphatic rings. The van der Waals surface area contributed by atoms with Crippen LogP contribution >= 0.6 is 0 Å². The fourth-order valence-electron chi connectivity index (χ4n) is 7.25. The lowest BCUT2D eigenvalue weighted by Gasteiger charge is -2.13. The van der Waals surface area contributed by atoms with E-state index >= 15 is 0 Å². The van der Waals surface area contributed by atoms with Crippen molar-refractivity contribution in [3.8, 4) is 56.7 Å². The number of pyridine rings is 1. The molecule has 0 spiro atoms. The van der Waals surface area contributed by atoms with Crippen LogP contribution in [0.2, 0.25) is 0 Å². The standard InChI is InChI=1S/C47H31N5/c1-3-14-37(15-4-1)51-43-21-11-9-19-40(43)49-46(51)34-27-23-32(24-28-34)42-31-36-13-7-8-18-39(36)45(48-42)33-25-29-35(30-26-33)47-50-41-20-10-12-22-44(41)52(47)38-16-5-2-6-17-38/h1-31H. The second-order valence-electron chi connectivity index (χ2n) is 12.9. The predicted molar refractivity (Wildman–Crippen MR) is 213 cm³/mol. The number of rotatable bonds is 6. The van der Waals surface area contributed by atoms with Crippen molar-refractivity contribution in [2.75, 3.05) is 0 Å². The van der Waals surface area contributed by atoms with Crippen molar-refractivity contribution < 1.29 is 0 Å². The van der Waals surface area contributed by atoms with Crippen LogP contribution < -0.4 is 0 Å². The number of para-hydroxylation sites is 6. The third-order valence-corrected chi connectivity index (χ3v) is 9.75. The molecule has 5 heteroatoms. The molecule has 0 saturated carbocycles. The van der Waals surface area contributed by atoms with E-state index in [9.17, 15) is 0 Å². The Hall–Kier alpha value is -7.11. The average molecular weight is 666 g/mol. The molecule has 0 aliphatic carbocycles. The summed E-state index contributed by atoms with van der Waals surface area (Å²) in [5.41, 5.74) is 12.3. The van der Waals surface area contributed by atoms with Gasteiger partial charge in [-0.25, -0.2) is 15.0 Å². The smallest absolute Gasteiger partial charge is 0.145 e. The molecule has 0 bridgehead atoms. The Bertz CT molecular complexity index is 2870. The van der Waals surface area contributed by atoms with E-state index in [1.807, 2.05) is 24.3 Å². The summed E-state index contributed by atoms with van der Waals surface area (Å²) in [7, 11) is 0. The number of hydrogen-bond donors (Lipinski definition) is 0. The summed E-state index contributed by atoms with van der Waals surface area (Å²) < 4.78 is 4.46. The highest BCUT2D eigenvalue weighted by Crippen LogP contribution is 2.35. The number of aromatic nitrogens is 5. The van der Waals surface area contributed by atoms with Gasteiger partial charge in [0, 0.05) is 39.0 Å². The van der Waals surface area contributed by atoms with Crippen LogP contribution in [0.3, 0.4) is 0 Å². The van der Waals surface area contributed by atoms with Gasteiger partial charge in [-0.3, -0.25) is 9.13 Å². The summed E-state index contributed by atoms with van der Waals surface area (Å²) in [5.74, 6) is 1.82. The van der Waals surface area contributed by atoms with Crippen molar-refractivity contribution in [2.24, 2.45) is 0 Å². The van der Waals surface area contributed by atoms with E-state index in [2.05, 4.69) is 173 Å². The number of benzene rings is 7. The summed E-state index contributed by atoms with van der Waals surface area (Å²) in [4.78, 5) is 15.4. The summed E-state index contributed by atoms with van der Waals surface area (Å²) in [6.45, 7) is 0. The van der Waals surface area contributed by atoms with Gasteiger partial charge in [0.15, 0.2) is 0 Å². The normalized spacial score (nSPS) is 11.5. The van der Waals surface area contributed by atoms with Crippen LogP contribution in [0, 0.1) is 0 Å². The zero-order valence-electron chi connectivity index (χ0n) is 28.1. The van der Waals surface area contributed by atoms with Gasteiger partial charge in [0.05, 0.1) is 33.5 Å². The van der Waals surface area contributed by atoms with Gasteiger partial charge < -0.3 is 0 Å². The largest absolute Gasteiger partial charge is 0.292 e. The van der Waals surface area contributed by atoms with Gasteiger partial charge in [-0.1, -0.05) is 133 Å². The fourth-order valence-corrected chi connectivity index (χ4v) is 7.25. The molecule has 0 unspecified atom stereocenters. The summed E-state index contributed by atoms with van der Waals surface area (Å²) in [6, 6.07) is 65.4. The van der Waals surface area contributed by atoms with Crippen LogP contribution in [0.5, 0.6) is 0 Å². The van der Waals surface area contributed by atoms with E-state index in [1.165, 1.54) is 0 Å². The van der Waals surface area contributed by atoms with Gasteiger partial charge in [0.25, 0.3) is 0 Å². The first-order chi connectivity index (χ1) is 25.8. The maximum Gasteiger partial charge on any atom is 0.145 e. The SMILES string of the molecule is c1ccc(-n2c(-c3ccc(-c4cc5ccccc5c(-c5ccc(-c6nc7ccccc7n6-c6ccccc6)cc5)n4)cc3)nc3ccccc32)cc1. The van der Waals surface area contributed by atoms with Crippen LogP contribution in [0.25, 0.3) is 89.5 Å². The van der Waals surface area contributed by atoms with Crippen molar-refractivity contribution >= 4 is 32.8 Å². The van der Waals surface area contributed by atoms with Crippen molar-refractivity contribution in [1.29, 1.82) is 0 Å². The maximum absolute atomic E-state index is 5.30. The van der Waals surface area contributed by atoms with Crippen LogP contribution in [0.1, 0.15) is 0 Å². The molecule has 7 aromatic carbocycles. The predicted octanol–water partition coefficient (Wildman–Crippen LogP) is 11.6. The quantitative estimate of drug-likeness (QED) is 0.178. The average Bonchev–Trinajstić information content (AvgIpc) is 3.81. The van der Waals surface area contributed by atoms with Crippen LogP contribution in [-0.2, 0) is 0 Å². The maximum atomic E-state index is 5.30. The van der Waals surface area contributed by atoms with Crippen LogP contribution in [0.15, 0.2) is 188 Å². The molecule has 5 nitrogen and oxygen atoms in total. The van der Waals surface area contributed by atoms with Gasteiger partial charge in [0.1, 0.15) is 11.6 Å². The number of nitrogens with zero attached hydrogens (tertiary/aromatic N) is 5. The Balaban J connectivity index is 1.04. The molecule has 0 amide bonds. The van der Waals surface area contributed by atoms with E-state index in [4.69, 9.17) is 15.0 Å². The van der Waals surface area contributed by atoms with E-state index in [0.717, 1.165) is 89.5 Å². The molecule has 0 aliphatic heterocycles. The van der Waals surface area contributed by atoms with Crippen molar-refractivity contribution in [3.63, 3.8) is 0 Å². The molecular weight excluding hydrogens is 635 g/mol. The lowest BCUT2D eigenvalue weighted by atomic mass is 9.99. The second kappa shape index (κ2) is 12.3. The Labute approximate surface area is 300 Å². The lowest BCUT2D eigenvalue weighted by molar-refractivity contribution is 1.10. The molecular formula is C47H31N5. The Kier molecular flexibility index (Phi) is 7.07. The number of hydrogen-bond acceptors (Lipinski definition) is 3. The zero-order chi connectivity index (χ0) is 34.4. The molecule has 10 aromatic rings. The summed E-state index contributed by atoms with van der Waals surface area (Å²) in [5, 5.41) is 2.26. The van der Waals surface area contributed by atoms with Crippen molar-refractivity contribution in [1.82, 2.24) is 24.1 Å². The van der Waals surface area contributed by atoms with E-state index < -0.39 is 0 Å². The molecule has 3 aromatic heterocycles. The first kappa shape index (κ1) is 29.8. The molecule has 0 atom stereocenters. The second-order valence-corrected chi connectivity index (χ2v) is 12.9. The van der Waals surface area contributed by atoms with Gasteiger partial charge in [-0.05, 0) is 60.0 Å². The van der Waals surface area contributed by atoms with Crippen molar-refractivity contribution in [2.45, 2.75) is 0 Å². The van der Waals surface area contributed by atoms with Crippen LogP contribution in [0.4, 0.5) is 0 Å². The number of fused-ring (bicyclic) bond motifs is 3. The van der Waals surface area contributed by atoms with E-state index in [1.54, 1.807) is 0 Å². The molecule has 10 rings (SSSR count). The molecule has 3 heterocycles. The number of imidazole rings is 2.